The van der Waals surface area contributed by atoms with Crippen LogP contribution in [0.2, 0.25) is 0 Å². The molecule has 0 N–H and O–H groups in total. The van der Waals surface area contributed by atoms with Gasteiger partial charge in [-0.3, -0.25) is 4.40 Å². The normalized spacial score (nSPS) is 12.7. The molecule has 5 rings (SSSR count). The van der Waals surface area contributed by atoms with Crippen molar-refractivity contribution in [2.24, 2.45) is 0 Å². The summed E-state index contributed by atoms with van der Waals surface area (Å²) in [5, 5.41) is 11.6. The van der Waals surface area contributed by atoms with Crippen molar-refractivity contribution in [2.45, 2.75) is 13.3 Å². The third kappa shape index (κ3) is 2.97. The molecule has 2 aromatic heterocycles. The molecular weight excluding hydrogens is 398 g/mol. The Bertz CT molecular complexity index is 1300. The highest BCUT2D eigenvalue weighted by Gasteiger charge is 2.21. The lowest BCUT2D eigenvalue weighted by Gasteiger charge is -2.18. The molecule has 0 saturated heterocycles. The molecule has 0 amide bonds. The fraction of sp³-hybridized carbons (Fsp3) is 0.217. The van der Waals surface area contributed by atoms with E-state index >= 15 is 0 Å². The van der Waals surface area contributed by atoms with Crippen LogP contribution in [0, 0.1) is 18.3 Å². The zero-order valence-electron chi connectivity index (χ0n) is 16.6. The standard InChI is InChI=1S/C23H19N3O3S/c1-14-11-16(4-5-19(14)27-2)22-17(7-8-24)26-18(13-30-23(26)25-22)15-3-6-20-21(12-15)29-10-9-28-20/h3-6,11-13H,7,9-10H2,1-2H3. The number of benzene rings is 2. The summed E-state index contributed by atoms with van der Waals surface area (Å²) in [6.45, 7) is 3.11. The number of rotatable bonds is 4. The molecule has 2 aromatic carbocycles. The maximum absolute atomic E-state index is 9.52. The number of aryl methyl sites for hydroxylation is 1. The van der Waals surface area contributed by atoms with Crippen LogP contribution >= 0.6 is 11.3 Å². The lowest BCUT2D eigenvalue weighted by molar-refractivity contribution is 0.171. The molecular formula is C23H19N3O3S. The van der Waals surface area contributed by atoms with Gasteiger partial charge in [0, 0.05) is 16.5 Å². The monoisotopic (exact) mass is 417 g/mol. The number of methoxy groups -OCH3 is 1. The van der Waals surface area contributed by atoms with Crippen molar-refractivity contribution < 1.29 is 14.2 Å². The average Bonchev–Trinajstić information content (AvgIpc) is 3.34. The zero-order chi connectivity index (χ0) is 20.7. The summed E-state index contributed by atoms with van der Waals surface area (Å²) in [4.78, 5) is 5.72. The molecule has 0 bridgehead atoms. The minimum Gasteiger partial charge on any atom is -0.496 e. The van der Waals surface area contributed by atoms with Gasteiger partial charge >= 0.3 is 0 Å². The first kappa shape index (κ1) is 18.5. The smallest absolute Gasteiger partial charge is 0.194 e. The number of ether oxygens (including phenoxy) is 3. The van der Waals surface area contributed by atoms with E-state index in [4.69, 9.17) is 19.2 Å². The Balaban J connectivity index is 1.67. The van der Waals surface area contributed by atoms with E-state index in [1.54, 1.807) is 18.4 Å². The summed E-state index contributed by atoms with van der Waals surface area (Å²) in [5.41, 5.74) is 5.70. The van der Waals surface area contributed by atoms with Gasteiger partial charge in [-0.2, -0.15) is 5.26 Å². The highest BCUT2D eigenvalue weighted by atomic mass is 32.1. The molecule has 1 aliphatic heterocycles. The fourth-order valence-electron chi connectivity index (χ4n) is 3.81. The molecule has 0 spiro atoms. The number of imidazole rings is 1. The summed E-state index contributed by atoms with van der Waals surface area (Å²) >= 11 is 1.56. The average molecular weight is 417 g/mol. The molecule has 0 saturated carbocycles. The second kappa shape index (κ2) is 7.39. The van der Waals surface area contributed by atoms with Gasteiger partial charge in [0.05, 0.1) is 36.7 Å². The van der Waals surface area contributed by atoms with E-state index in [0.717, 1.165) is 56.0 Å². The molecule has 6 nitrogen and oxygen atoms in total. The first-order valence-electron chi connectivity index (χ1n) is 9.60. The van der Waals surface area contributed by atoms with Gasteiger partial charge in [0.1, 0.15) is 19.0 Å². The number of thiazole rings is 1. The first-order chi connectivity index (χ1) is 14.7. The van der Waals surface area contributed by atoms with E-state index in [1.807, 2.05) is 37.3 Å². The fourth-order valence-corrected chi connectivity index (χ4v) is 4.73. The molecule has 0 aliphatic carbocycles. The van der Waals surface area contributed by atoms with Gasteiger partial charge in [-0.1, -0.05) is 0 Å². The van der Waals surface area contributed by atoms with Crippen molar-refractivity contribution in [3.8, 4) is 45.8 Å². The summed E-state index contributed by atoms with van der Waals surface area (Å²) in [7, 11) is 1.66. The molecule has 150 valence electrons. The van der Waals surface area contributed by atoms with Gasteiger partial charge in [-0.25, -0.2) is 4.98 Å². The van der Waals surface area contributed by atoms with Crippen LogP contribution in [0.4, 0.5) is 0 Å². The third-order valence-electron chi connectivity index (χ3n) is 5.21. The zero-order valence-corrected chi connectivity index (χ0v) is 17.5. The largest absolute Gasteiger partial charge is 0.496 e. The van der Waals surface area contributed by atoms with E-state index in [9.17, 15) is 5.26 Å². The van der Waals surface area contributed by atoms with Crippen LogP contribution in [0.15, 0.2) is 41.8 Å². The van der Waals surface area contributed by atoms with Gasteiger partial charge < -0.3 is 14.2 Å². The van der Waals surface area contributed by atoms with Crippen molar-refractivity contribution in [3.63, 3.8) is 0 Å². The van der Waals surface area contributed by atoms with Crippen LogP contribution in [-0.2, 0) is 6.42 Å². The summed E-state index contributed by atoms with van der Waals surface area (Å²) in [6, 6.07) is 14.2. The van der Waals surface area contributed by atoms with Gasteiger partial charge in [0.15, 0.2) is 16.5 Å². The summed E-state index contributed by atoms with van der Waals surface area (Å²) in [6.07, 6.45) is 0.260. The predicted molar refractivity (Wildman–Crippen MR) is 116 cm³/mol. The molecule has 30 heavy (non-hydrogen) atoms. The minimum absolute atomic E-state index is 0.260. The second-order valence-corrected chi connectivity index (χ2v) is 7.86. The van der Waals surface area contributed by atoms with Crippen LogP contribution in [0.5, 0.6) is 17.2 Å². The van der Waals surface area contributed by atoms with Gasteiger partial charge in [-0.05, 0) is 48.9 Å². The SMILES string of the molecule is COc1ccc(-c2nc3scc(-c4ccc5c(c4)OCCO5)n3c2CC#N)cc1C. The summed E-state index contributed by atoms with van der Waals surface area (Å²) in [5.74, 6) is 2.33. The quantitative estimate of drug-likeness (QED) is 0.473. The van der Waals surface area contributed by atoms with Crippen LogP contribution < -0.4 is 14.2 Å². The number of nitrogens with zero attached hydrogens (tertiary/aromatic N) is 3. The number of hydrogen-bond donors (Lipinski definition) is 0. The molecule has 0 fully saturated rings. The summed E-state index contributed by atoms with van der Waals surface area (Å²) < 4.78 is 18.9. The Kier molecular flexibility index (Phi) is 4.57. The molecule has 0 atom stereocenters. The van der Waals surface area contributed by atoms with Crippen molar-refractivity contribution in [2.75, 3.05) is 20.3 Å². The van der Waals surface area contributed by atoms with Crippen LogP contribution in [-0.4, -0.2) is 29.7 Å². The number of hydrogen-bond acceptors (Lipinski definition) is 6. The highest BCUT2D eigenvalue weighted by Crippen LogP contribution is 2.38. The highest BCUT2D eigenvalue weighted by molar-refractivity contribution is 7.15. The molecule has 1 aliphatic rings. The minimum atomic E-state index is 0.260. The van der Waals surface area contributed by atoms with Gasteiger partial charge in [-0.15, -0.1) is 11.3 Å². The molecule has 4 aromatic rings. The van der Waals surface area contributed by atoms with Crippen molar-refractivity contribution in [1.82, 2.24) is 9.38 Å². The van der Waals surface area contributed by atoms with E-state index < -0.39 is 0 Å². The van der Waals surface area contributed by atoms with E-state index in [0.29, 0.717) is 13.2 Å². The van der Waals surface area contributed by atoms with E-state index in [-0.39, 0.29) is 6.42 Å². The molecule has 3 heterocycles. The Hall–Kier alpha value is -3.50. The number of aromatic nitrogens is 2. The molecule has 0 unspecified atom stereocenters. The lowest BCUT2D eigenvalue weighted by Crippen LogP contribution is -2.15. The maximum Gasteiger partial charge on any atom is 0.194 e. The topological polar surface area (TPSA) is 68.8 Å². The number of nitriles is 1. The van der Waals surface area contributed by atoms with E-state index in [2.05, 4.69) is 21.9 Å². The molecule has 0 radical (unpaired) electrons. The van der Waals surface area contributed by atoms with Crippen LogP contribution in [0.25, 0.3) is 27.5 Å². The van der Waals surface area contributed by atoms with Crippen LogP contribution in [0.3, 0.4) is 0 Å². The Labute approximate surface area is 177 Å². The van der Waals surface area contributed by atoms with Crippen molar-refractivity contribution >= 4 is 16.3 Å². The maximum atomic E-state index is 9.52. The number of fused-ring (bicyclic) bond motifs is 2. The molecule has 7 heteroatoms. The second-order valence-electron chi connectivity index (χ2n) is 7.02. The Morgan fingerprint density at radius 3 is 2.70 bits per heavy atom. The van der Waals surface area contributed by atoms with Crippen LogP contribution in [0.1, 0.15) is 11.3 Å². The van der Waals surface area contributed by atoms with Crippen molar-refractivity contribution in [1.29, 1.82) is 5.26 Å². The van der Waals surface area contributed by atoms with Gasteiger partial charge in [0.2, 0.25) is 0 Å². The van der Waals surface area contributed by atoms with E-state index in [1.165, 1.54) is 0 Å². The predicted octanol–water partition coefficient (Wildman–Crippen LogP) is 4.88. The Morgan fingerprint density at radius 1 is 1.13 bits per heavy atom. The van der Waals surface area contributed by atoms with Crippen molar-refractivity contribution in [3.05, 3.63) is 53.0 Å². The Morgan fingerprint density at radius 2 is 1.93 bits per heavy atom. The lowest BCUT2D eigenvalue weighted by atomic mass is 10.1. The first-order valence-corrected chi connectivity index (χ1v) is 10.5. The van der Waals surface area contributed by atoms with Gasteiger partial charge in [0.25, 0.3) is 0 Å². The third-order valence-corrected chi connectivity index (χ3v) is 6.04.